The van der Waals surface area contributed by atoms with E-state index in [9.17, 15) is 13.0 Å². The minimum Gasteiger partial charge on any atom is -0.744 e. The molecular formula is C24H26ClN2O3S2-. The summed E-state index contributed by atoms with van der Waals surface area (Å²) in [4.78, 5) is 4.93. The van der Waals surface area contributed by atoms with Gasteiger partial charge in [-0.1, -0.05) is 53.2 Å². The van der Waals surface area contributed by atoms with Crippen LogP contribution >= 0.6 is 23.4 Å². The summed E-state index contributed by atoms with van der Waals surface area (Å²) < 4.78 is 31.0. The fraction of sp³-hybridized carbons (Fsp3) is 0.250. The summed E-state index contributed by atoms with van der Waals surface area (Å²) in [6.45, 7) is 8.67. The average Bonchev–Trinajstić information content (AvgIpc) is 2.77. The zero-order valence-electron chi connectivity index (χ0n) is 18.0. The quantitative estimate of drug-likeness (QED) is 0.513. The molecule has 1 heterocycles. The zero-order valence-corrected chi connectivity index (χ0v) is 20.4. The lowest BCUT2D eigenvalue weighted by Crippen LogP contribution is -2.43. The van der Waals surface area contributed by atoms with Gasteiger partial charge in [-0.15, -0.1) is 0 Å². The Labute approximate surface area is 199 Å². The first-order chi connectivity index (χ1) is 15.2. The molecule has 0 radical (unpaired) electrons. The summed E-state index contributed by atoms with van der Waals surface area (Å²) in [7, 11) is -4.33. The number of hydrogen-bond donors (Lipinski definition) is 1. The summed E-state index contributed by atoms with van der Waals surface area (Å²) in [5.41, 5.74) is 4.05. The highest BCUT2D eigenvalue weighted by Gasteiger charge is 2.14. The van der Waals surface area contributed by atoms with Gasteiger partial charge in [0.15, 0.2) is 0 Å². The van der Waals surface area contributed by atoms with Gasteiger partial charge in [-0.05, 0) is 61.9 Å². The number of piperazine rings is 1. The van der Waals surface area contributed by atoms with Gasteiger partial charge < -0.3 is 14.8 Å². The topological polar surface area (TPSA) is 72.5 Å². The maximum absolute atomic E-state index is 10.3. The SMILES string of the molecule is Cc1ccc(Sc2ccccc2N2CCNCC2)c(C)c1.O=S(=O)([O-])c1ccc(Cl)cc1. The molecule has 0 amide bonds. The molecule has 0 atom stereocenters. The van der Waals surface area contributed by atoms with E-state index < -0.39 is 10.1 Å². The molecule has 0 aromatic heterocycles. The van der Waals surface area contributed by atoms with Crippen LogP contribution in [0.5, 0.6) is 0 Å². The van der Waals surface area contributed by atoms with E-state index in [1.807, 2.05) is 11.8 Å². The van der Waals surface area contributed by atoms with Crippen molar-refractivity contribution in [1.29, 1.82) is 0 Å². The predicted molar refractivity (Wildman–Crippen MR) is 131 cm³/mol. The van der Waals surface area contributed by atoms with Gasteiger partial charge >= 0.3 is 0 Å². The molecule has 0 bridgehead atoms. The molecule has 0 spiro atoms. The number of para-hydroxylation sites is 1. The van der Waals surface area contributed by atoms with E-state index >= 15 is 0 Å². The van der Waals surface area contributed by atoms with E-state index in [-0.39, 0.29) is 4.90 Å². The van der Waals surface area contributed by atoms with Crippen LogP contribution in [0.2, 0.25) is 5.02 Å². The number of benzene rings is 3. The molecule has 170 valence electrons. The van der Waals surface area contributed by atoms with Gasteiger partial charge in [-0.25, -0.2) is 8.42 Å². The zero-order chi connectivity index (χ0) is 23.1. The van der Waals surface area contributed by atoms with Crippen LogP contribution in [0.3, 0.4) is 0 Å². The standard InChI is InChI=1S/C18H22N2S.C6H5ClO3S/c1-14-7-8-17(15(2)13-14)21-18-6-4-3-5-16(18)20-11-9-19-10-12-20;7-5-1-3-6(4-2-5)11(8,9)10/h3-8,13,19H,9-12H2,1-2H3;1-4H,(H,8,9,10)/p-1. The summed E-state index contributed by atoms with van der Waals surface area (Å²) >= 11 is 7.35. The second-order valence-corrected chi connectivity index (χ2v) is 10.4. The van der Waals surface area contributed by atoms with Crippen molar-refractivity contribution in [2.75, 3.05) is 31.1 Å². The summed E-state index contributed by atoms with van der Waals surface area (Å²) in [5.74, 6) is 0. The van der Waals surface area contributed by atoms with E-state index in [0.29, 0.717) is 5.02 Å². The number of hydrogen-bond acceptors (Lipinski definition) is 6. The van der Waals surface area contributed by atoms with Gasteiger partial charge in [0.2, 0.25) is 0 Å². The monoisotopic (exact) mass is 489 g/mol. The van der Waals surface area contributed by atoms with Crippen LogP contribution < -0.4 is 10.2 Å². The number of anilines is 1. The molecule has 1 saturated heterocycles. The number of halogens is 1. The first-order valence-corrected chi connectivity index (χ1v) is 12.9. The largest absolute Gasteiger partial charge is 0.744 e. The Hall–Kier alpha value is -2.03. The Bertz CT molecular complexity index is 1150. The summed E-state index contributed by atoms with van der Waals surface area (Å²) in [6, 6.07) is 20.5. The van der Waals surface area contributed by atoms with Crippen molar-refractivity contribution in [2.45, 2.75) is 28.5 Å². The van der Waals surface area contributed by atoms with Crippen LogP contribution in [0.15, 0.2) is 81.4 Å². The molecule has 3 aromatic rings. The van der Waals surface area contributed by atoms with Gasteiger partial charge in [0.05, 0.1) is 10.6 Å². The van der Waals surface area contributed by atoms with Gasteiger partial charge in [0.25, 0.3) is 0 Å². The lowest BCUT2D eigenvalue weighted by atomic mass is 10.2. The third-order valence-corrected chi connectivity index (χ3v) is 7.32. The van der Waals surface area contributed by atoms with Crippen molar-refractivity contribution in [3.05, 3.63) is 82.9 Å². The third kappa shape index (κ3) is 6.98. The molecule has 0 saturated carbocycles. The molecule has 5 nitrogen and oxygen atoms in total. The smallest absolute Gasteiger partial charge is 0.124 e. The van der Waals surface area contributed by atoms with Crippen LogP contribution in [0.4, 0.5) is 5.69 Å². The van der Waals surface area contributed by atoms with Crippen molar-refractivity contribution in [3.8, 4) is 0 Å². The van der Waals surface area contributed by atoms with Crippen molar-refractivity contribution in [3.63, 3.8) is 0 Å². The van der Waals surface area contributed by atoms with Crippen molar-refractivity contribution in [1.82, 2.24) is 5.32 Å². The maximum Gasteiger partial charge on any atom is 0.124 e. The molecule has 32 heavy (non-hydrogen) atoms. The van der Waals surface area contributed by atoms with Crippen LogP contribution in [0, 0.1) is 13.8 Å². The van der Waals surface area contributed by atoms with Crippen molar-refractivity contribution in [2.24, 2.45) is 0 Å². The Morgan fingerprint density at radius 2 is 1.59 bits per heavy atom. The Balaban J connectivity index is 0.000000222. The lowest BCUT2D eigenvalue weighted by Gasteiger charge is -2.31. The fourth-order valence-corrected chi connectivity index (χ4v) is 4.98. The normalized spacial score (nSPS) is 13.9. The molecule has 8 heteroatoms. The highest BCUT2D eigenvalue weighted by molar-refractivity contribution is 7.99. The number of aryl methyl sites for hydroxylation is 2. The first-order valence-electron chi connectivity index (χ1n) is 10.3. The minimum atomic E-state index is -4.33. The fourth-order valence-electron chi connectivity index (χ4n) is 3.34. The Morgan fingerprint density at radius 3 is 2.22 bits per heavy atom. The van der Waals surface area contributed by atoms with E-state index in [4.69, 9.17) is 11.6 Å². The highest BCUT2D eigenvalue weighted by atomic mass is 35.5. The molecule has 0 aliphatic carbocycles. The molecule has 3 aromatic carbocycles. The van der Waals surface area contributed by atoms with Crippen LogP contribution in [-0.4, -0.2) is 39.1 Å². The highest BCUT2D eigenvalue weighted by Crippen LogP contribution is 2.37. The molecular weight excluding hydrogens is 464 g/mol. The molecule has 1 N–H and O–H groups in total. The minimum absolute atomic E-state index is 0.262. The van der Waals surface area contributed by atoms with Crippen LogP contribution in [0.25, 0.3) is 0 Å². The second kappa shape index (κ2) is 11.2. The Morgan fingerprint density at radius 1 is 0.938 bits per heavy atom. The number of nitrogens with one attached hydrogen (secondary N) is 1. The predicted octanol–water partition coefficient (Wildman–Crippen LogP) is 5.11. The second-order valence-electron chi connectivity index (χ2n) is 7.48. The maximum atomic E-state index is 10.3. The van der Waals surface area contributed by atoms with E-state index in [1.165, 1.54) is 50.9 Å². The van der Waals surface area contributed by atoms with E-state index in [2.05, 4.69) is 66.5 Å². The molecule has 1 aliphatic rings. The van der Waals surface area contributed by atoms with E-state index in [1.54, 1.807) is 0 Å². The average molecular weight is 490 g/mol. The van der Waals surface area contributed by atoms with Gasteiger partial charge in [0, 0.05) is 41.0 Å². The molecule has 4 rings (SSSR count). The van der Waals surface area contributed by atoms with Gasteiger partial charge in [-0.2, -0.15) is 0 Å². The summed E-state index contributed by atoms with van der Waals surface area (Å²) in [5, 5.41) is 3.82. The number of rotatable bonds is 4. The van der Waals surface area contributed by atoms with Crippen molar-refractivity contribution < 1.29 is 13.0 Å². The lowest BCUT2D eigenvalue weighted by molar-refractivity contribution is 0.463. The molecule has 1 fully saturated rings. The number of nitrogens with zero attached hydrogens (tertiary/aromatic N) is 1. The molecule has 0 unspecified atom stereocenters. The van der Waals surface area contributed by atoms with Crippen molar-refractivity contribution >= 4 is 39.2 Å². The molecule has 1 aliphatic heterocycles. The van der Waals surface area contributed by atoms with Gasteiger partial charge in [0.1, 0.15) is 10.1 Å². The van der Waals surface area contributed by atoms with Crippen LogP contribution in [0.1, 0.15) is 11.1 Å². The van der Waals surface area contributed by atoms with E-state index in [0.717, 1.165) is 26.2 Å². The Kier molecular flexibility index (Phi) is 8.62. The van der Waals surface area contributed by atoms with Gasteiger partial charge in [-0.3, -0.25) is 0 Å². The first kappa shape index (κ1) is 24.6. The summed E-state index contributed by atoms with van der Waals surface area (Å²) in [6.07, 6.45) is 0. The van der Waals surface area contributed by atoms with Crippen LogP contribution in [-0.2, 0) is 10.1 Å². The third-order valence-electron chi connectivity index (χ3n) is 4.98.